The number of nitrogens with zero attached hydrogens (tertiary/aromatic N) is 2. The van der Waals surface area contributed by atoms with Crippen molar-refractivity contribution in [1.29, 1.82) is 0 Å². The molecule has 1 aliphatic rings. The van der Waals surface area contributed by atoms with E-state index in [1.165, 1.54) is 16.7 Å². The molecular formula is C53H35N2OP. The Balaban J connectivity index is 1.19. The van der Waals surface area contributed by atoms with Crippen LogP contribution in [0.4, 0.5) is 0 Å². The molecular weight excluding hydrogens is 712 g/mol. The van der Waals surface area contributed by atoms with Crippen molar-refractivity contribution in [2.24, 2.45) is 0 Å². The number of pyridine rings is 1. The molecule has 0 amide bonds. The predicted octanol–water partition coefficient (Wildman–Crippen LogP) is 12.5. The van der Waals surface area contributed by atoms with Crippen molar-refractivity contribution < 1.29 is 4.57 Å². The van der Waals surface area contributed by atoms with Crippen LogP contribution in [0, 0.1) is 0 Å². The molecule has 0 bridgehead atoms. The maximum absolute atomic E-state index is 16.2. The zero-order chi connectivity index (χ0) is 37.9. The van der Waals surface area contributed by atoms with E-state index in [2.05, 4.69) is 162 Å². The van der Waals surface area contributed by atoms with Crippen molar-refractivity contribution in [3.8, 4) is 61.6 Å². The summed E-state index contributed by atoms with van der Waals surface area (Å²) in [5.41, 5.74) is 12.7. The van der Waals surface area contributed by atoms with E-state index in [1.807, 2.05) is 54.6 Å². The third kappa shape index (κ3) is 5.35. The Kier molecular flexibility index (Phi) is 7.77. The minimum absolute atomic E-state index is 0.775. The number of aromatic nitrogens is 2. The molecule has 4 heteroatoms. The molecule has 0 spiro atoms. The van der Waals surface area contributed by atoms with Crippen molar-refractivity contribution in [3.05, 3.63) is 212 Å². The second-order valence-corrected chi connectivity index (χ2v) is 17.3. The van der Waals surface area contributed by atoms with Crippen molar-refractivity contribution in [2.75, 3.05) is 0 Å². The normalized spacial score (nSPS) is 14.5. The van der Waals surface area contributed by atoms with E-state index in [0.717, 1.165) is 82.6 Å². The lowest BCUT2D eigenvalue weighted by atomic mass is 9.98. The Morgan fingerprint density at radius 3 is 1.60 bits per heavy atom. The largest absolute Gasteiger partial charge is 0.309 e. The van der Waals surface area contributed by atoms with Crippen molar-refractivity contribution in [1.82, 2.24) is 9.55 Å². The Labute approximate surface area is 331 Å². The lowest BCUT2D eigenvalue weighted by Gasteiger charge is -2.19. The second-order valence-electron chi connectivity index (χ2n) is 14.7. The molecule has 0 N–H and O–H groups in total. The van der Waals surface area contributed by atoms with Crippen LogP contribution in [-0.2, 0) is 4.57 Å². The number of rotatable bonds is 6. The van der Waals surface area contributed by atoms with Gasteiger partial charge in [-0.25, -0.2) is 4.98 Å². The van der Waals surface area contributed by atoms with Gasteiger partial charge in [-0.2, -0.15) is 0 Å². The number of hydrogen-bond acceptors (Lipinski definition) is 2. The van der Waals surface area contributed by atoms with Gasteiger partial charge in [0.05, 0.1) is 22.0 Å². The molecule has 1 aliphatic heterocycles. The maximum Gasteiger partial charge on any atom is 0.174 e. The summed E-state index contributed by atoms with van der Waals surface area (Å²) in [7, 11) is -3.31. The molecule has 1 unspecified atom stereocenters. The molecule has 3 nitrogen and oxygen atoms in total. The third-order valence-electron chi connectivity index (χ3n) is 11.4. The molecule has 3 heterocycles. The summed E-state index contributed by atoms with van der Waals surface area (Å²) in [4.78, 5) is 5.51. The lowest BCUT2D eigenvalue weighted by molar-refractivity contribution is 0.593. The minimum atomic E-state index is -3.31. The first-order valence-corrected chi connectivity index (χ1v) is 21.0. The first kappa shape index (κ1) is 33.3. The highest BCUT2D eigenvalue weighted by Crippen LogP contribution is 2.55. The fraction of sp³-hybridized carbons (Fsp3) is 0. The molecule has 10 aromatic rings. The minimum Gasteiger partial charge on any atom is -0.309 e. The first-order valence-electron chi connectivity index (χ1n) is 19.3. The van der Waals surface area contributed by atoms with Crippen LogP contribution in [0.1, 0.15) is 0 Å². The van der Waals surface area contributed by atoms with Crippen LogP contribution in [0.25, 0.3) is 83.4 Å². The van der Waals surface area contributed by atoms with E-state index < -0.39 is 7.14 Å². The number of fused-ring (bicyclic) bond motifs is 7. The molecule has 2 aromatic heterocycles. The van der Waals surface area contributed by atoms with Crippen LogP contribution in [0.5, 0.6) is 0 Å². The van der Waals surface area contributed by atoms with Crippen LogP contribution >= 0.6 is 7.14 Å². The number of para-hydroxylation sites is 1. The summed E-state index contributed by atoms with van der Waals surface area (Å²) in [5, 5.41) is 4.74. The van der Waals surface area contributed by atoms with E-state index >= 15 is 4.57 Å². The quantitative estimate of drug-likeness (QED) is 0.159. The average molecular weight is 747 g/mol. The molecule has 0 aliphatic carbocycles. The van der Waals surface area contributed by atoms with Crippen LogP contribution in [0.15, 0.2) is 212 Å². The second kappa shape index (κ2) is 13.3. The van der Waals surface area contributed by atoms with Crippen LogP contribution in [0.2, 0.25) is 0 Å². The standard InChI is InChI=1S/C53H35N2OP/c56-57(43-18-8-3-9-19-43)50-23-13-11-21-45(50)47-33-32-46-44-20-10-12-22-49(44)55(52(46)53(47)57)51-35-42(40-26-24-38(25-27-40)36-14-4-1-5-15-36)34-48(54-51)41-30-28-39(29-31-41)37-16-6-2-7-17-37/h1-35H. The number of benzene rings is 8. The van der Waals surface area contributed by atoms with E-state index in [4.69, 9.17) is 4.98 Å². The first-order chi connectivity index (χ1) is 28.1. The zero-order valence-electron chi connectivity index (χ0n) is 31.0. The maximum atomic E-state index is 16.2. The SMILES string of the molecule is O=P1(c2ccccc2)c2ccccc2-c2ccc3c4ccccc4n(-c4cc(-c5ccc(-c6ccccc6)cc5)cc(-c5ccc(-c6ccccc6)cc5)n4)c3c21. The fourth-order valence-corrected chi connectivity index (χ4v) is 12.0. The Hall–Kier alpha value is -7.06. The highest BCUT2D eigenvalue weighted by molar-refractivity contribution is 7.86. The summed E-state index contributed by atoms with van der Waals surface area (Å²) < 4.78 is 18.4. The zero-order valence-corrected chi connectivity index (χ0v) is 31.9. The van der Waals surface area contributed by atoms with Gasteiger partial charge in [-0.3, -0.25) is 4.57 Å². The molecule has 57 heavy (non-hydrogen) atoms. The van der Waals surface area contributed by atoms with E-state index in [1.54, 1.807) is 0 Å². The van der Waals surface area contributed by atoms with Gasteiger partial charge in [0.25, 0.3) is 0 Å². The monoisotopic (exact) mass is 746 g/mol. The molecule has 1 atom stereocenters. The van der Waals surface area contributed by atoms with Crippen molar-refractivity contribution >= 4 is 44.9 Å². The summed E-state index contributed by atoms with van der Waals surface area (Å²) in [5.74, 6) is 0.775. The van der Waals surface area contributed by atoms with Gasteiger partial charge in [-0.05, 0) is 62.7 Å². The summed E-state index contributed by atoms with van der Waals surface area (Å²) in [6, 6.07) is 73.9. The summed E-state index contributed by atoms with van der Waals surface area (Å²) >= 11 is 0. The van der Waals surface area contributed by atoms with Gasteiger partial charge in [-0.1, -0.05) is 194 Å². The molecule has 0 fully saturated rings. The fourth-order valence-electron chi connectivity index (χ4n) is 8.71. The summed E-state index contributed by atoms with van der Waals surface area (Å²) in [6.45, 7) is 0. The van der Waals surface area contributed by atoms with Crippen LogP contribution < -0.4 is 15.9 Å². The van der Waals surface area contributed by atoms with Crippen molar-refractivity contribution in [2.45, 2.75) is 0 Å². The van der Waals surface area contributed by atoms with Crippen LogP contribution in [0.3, 0.4) is 0 Å². The van der Waals surface area contributed by atoms with E-state index in [0.29, 0.717) is 0 Å². The highest BCUT2D eigenvalue weighted by atomic mass is 31.2. The topological polar surface area (TPSA) is 34.9 Å². The van der Waals surface area contributed by atoms with Crippen molar-refractivity contribution in [3.63, 3.8) is 0 Å². The van der Waals surface area contributed by atoms with Gasteiger partial charge in [0, 0.05) is 26.9 Å². The van der Waals surface area contributed by atoms with E-state index in [-0.39, 0.29) is 0 Å². The molecule has 0 saturated heterocycles. The Morgan fingerprint density at radius 1 is 0.404 bits per heavy atom. The smallest absolute Gasteiger partial charge is 0.174 e. The Morgan fingerprint density at radius 2 is 0.930 bits per heavy atom. The molecule has 11 rings (SSSR count). The number of hydrogen-bond donors (Lipinski definition) is 0. The molecule has 0 radical (unpaired) electrons. The third-order valence-corrected chi connectivity index (χ3v) is 14.6. The van der Waals surface area contributed by atoms with Gasteiger partial charge in [-0.15, -0.1) is 0 Å². The summed E-state index contributed by atoms with van der Waals surface area (Å²) in [6.07, 6.45) is 0. The van der Waals surface area contributed by atoms with Gasteiger partial charge >= 0.3 is 0 Å². The van der Waals surface area contributed by atoms with Crippen LogP contribution in [-0.4, -0.2) is 9.55 Å². The van der Waals surface area contributed by atoms with Gasteiger partial charge in [0.15, 0.2) is 7.14 Å². The van der Waals surface area contributed by atoms with E-state index in [9.17, 15) is 0 Å². The van der Waals surface area contributed by atoms with Gasteiger partial charge in [0.2, 0.25) is 0 Å². The van der Waals surface area contributed by atoms with Gasteiger partial charge < -0.3 is 4.57 Å². The van der Waals surface area contributed by atoms with Gasteiger partial charge in [0.1, 0.15) is 5.82 Å². The molecule has 0 saturated carbocycles. The predicted molar refractivity (Wildman–Crippen MR) is 239 cm³/mol. The highest BCUT2D eigenvalue weighted by Gasteiger charge is 2.42. The molecule has 8 aromatic carbocycles. The average Bonchev–Trinajstić information content (AvgIpc) is 3.77. The molecule has 268 valence electrons. The Bertz CT molecular complexity index is 3070. The lowest BCUT2D eigenvalue weighted by Crippen LogP contribution is -2.22.